The monoisotopic (exact) mass is 369 g/mol. The average Bonchev–Trinajstić information content (AvgIpc) is 3.13. The zero-order valence-electron chi connectivity index (χ0n) is 16.6. The van der Waals surface area contributed by atoms with Crippen LogP contribution in [-0.4, -0.2) is 16.2 Å². The number of aryl methyl sites for hydroxylation is 2. The van der Waals surface area contributed by atoms with Crippen LogP contribution < -0.4 is 5.01 Å². The first-order chi connectivity index (χ1) is 13.5. The van der Waals surface area contributed by atoms with Gasteiger partial charge in [-0.2, -0.15) is 10.1 Å². The molecule has 0 bridgehead atoms. The van der Waals surface area contributed by atoms with E-state index in [0.717, 1.165) is 34.0 Å². The van der Waals surface area contributed by atoms with Crippen LogP contribution in [0.1, 0.15) is 29.4 Å². The summed E-state index contributed by atoms with van der Waals surface area (Å²) in [5.74, 6) is -0.0932. The fraction of sp³-hybridized carbons (Fsp3) is 0.167. The van der Waals surface area contributed by atoms with Crippen molar-refractivity contribution in [2.75, 3.05) is 5.01 Å². The second kappa shape index (κ2) is 6.97. The van der Waals surface area contributed by atoms with E-state index in [1.807, 2.05) is 55.5 Å². The van der Waals surface area contributed by atoms with Crippen molar-refractivity contribution in [1.82, 2.24) is 4.57 Å². The first-order valence-corrected chi connectivity index (χ1v) is 9.39. The molecule has 1 aromatic heterocycles. The van der Waals surface area contributed by atoms with Crippen LogP contribution in [-0.2, 0) is 4.79 Å². The summed E-state index contributed by atoms with van der Waals surface area (Å²) in [4.78, 5) is 13.0. The number of benzene rings is 2. The molecule has 4 rings (SSSR count). The molecule has 4 heteroatoms. The summed E-state index contributed by atoms with van der Waals surface area (Å²) in [5, 5.41) is 5.95. The van der Waals surface area contributed by atoms with Crippen molar-refractivity contribution in [3.63, 3.8) is 0 Å². The summed E-state index contributed by atoms with van der Waals surface area (Å²) >= 11 is 0. The molecule has 3 aromatic rings. The Bertz CT molecular complexity index is 1120. The summed E-state index contributed by atoms with van der Waals surface area (Å²) in [5.41, 5.74) is 7.80. The predicted molar refractivity (Wildman–Crippen MR) is 115 cm³/mol. The summed E-state index contributed by atoms with van der Waals surface area (Å²) in [6, 6.07) is 20.0. The molecule has 0 saturated heterocycles. The number of hydrogen-bond acceptors (Lipinski definition) is 2. The Balaban J connectivity index is 1.75. The van der Waals surface area contributed by atoms with E-state index in [9.17, 15) is 4.79 Å². The van der Waals surface area contributed by atoms with Gasteiger partial charge in [-0.3, -0.25) is 4.79 Å². The molecule has 1 amide bonds. The SMILES string of the molecule is CC1=NN(c2ccccc2)C(=O)/C1=C/c1cc(C)n(-c2ccccc2C)c1C. The van der Waals surface area contributed by atoms with Crippen LogP contribution in [0.2, 0.25) is 0 Å². The minimum absolute atomic E-state index is 0.0932. The molecule has 0 atom stereocenters. The minimum Gasteiger partial charge on any atom is -0.318 e. The van der Waals surface area contributed by atoms with Gasteiger partial charge >= 0.3 is 0 Å². The quantitative estimate of drug-likeness (QED) is 0.584. The molecule has 1 aliphatic heterocycles. The number of rotatable bonds is 3. The van der Waals surface area contributed by atoms with Gasteiger partial charge in [-0.25, -0.2) is 0 Å². The molecule has 0 fully saturated rings. The van der Waals surface area contributed by atoms with Crippen molar-refractivity contribution < 1.29 is 4.79 Å². The van der Waals surface area contributed by atoms with Crippen molar-refractivity contribution in [2.45, 2.75) is 27.7 Å². The maximum Gasteiger partial charge on any atom is 0.280 e. The second-order valence-corrected chi connectivity index (χ2v) is 7.14. The van der Waals surface area contributed by atoms with Crippen LogP contribution in [0.4, 0.5) is 5.69 Å². The summed E-state index contributed by atoms with van der Waals surface area (Å²) < 4.78 is 2.24. The van der Waals surface area contributed by atoms with E-state index in [1.54, 1.807) is 0 Å². The highest BCUT2D eigenvalue weighted by Gasteiger charge is 2.29. The number of hydrazone groups is 1. The maximum atomic E-state index is 13.0. The van der Waals surface area contributed by atoms with Gasteiger partial charge in [0.1, 0.15) is 0 Å². The third-order valence-corrected chi connectivity index (χ3v) is 5.19. The van der Waals surface area contributed by atoms with E-state index in [-0.39, 0.29) is 5.91 Å². The molecular weight excluding hydrogens is 346 g/mol. The molecule has 28 heavy (non-hydrogen) atoms. The third-order valence-electron chi connectivity index (χ3n) is 5.19. The smallest absolute Gasteiger partial charge is 0.280 e. The number of carbonyl (C=O) groups excluding carboxylic acids is 1. The van der Waals surface area contributed by atoms with Gasteiger partial charge in [0.15, 0.2) is 0 Å². The molecule has 0 N–H and O–H groups in total. The van der Waals surface area contributed by atoms with Gasteiger partial charge in [-0.15, -0.1) is 0 Å². The van der Waals surface area contributed by atoms with Crippen LogP contribution in [0.25, 0.3) is 11.8 Å². The first kappa shape index (κ1) is 18.0. The lowest BCUT2D eigenvalue weighted by molar-refractivity contribution is -0.114. The largest absolute Gasteiger partial charge is 0.318 e. The van der Waals surface area contributed by atoms with Crippen molar-refractivity contribution in [2.24, 2.45) is 5.10 Å². The first-order valence-electron chi connectivity index (χ1n) is 9.39. The van der Waals surface area contributed by atoms with E-state index in [0.29, 0.717) is 5.57 Å². The molecule has 0 saturated carbocycles. The number of para-hydroxylation sites is 2. The number of hydrogen-bond donors (Lipinski definition) is 0. The number of nitrogens with zero attached hydrogens (tertiary/aromatic N) is 3. The molecule has 4 nitrogen and oxygen atoms in total. The zero-order chi connectivity index (χ0) is 19.8. The molecule has 1 aliphatic rings. The number of anilines is 1. The molecule has 0 radical (unpaired) electrons. The Labute approximate surface area is 165 Å². The topological polar surface area (TPSA) is 37.6 Å². The molecule has 2 aromatic carbocycles. The maximum absolute atomic E-state index is 13.0. The molecule has 0 spiro atoms. The second-order valence-electron chi connectivity index (χ2n) is 7.14. The van der Waals surface area contributed by atoms with Crippen LogP contribution in [0.15, 0.2) is 71.3 Å². The fourth-order valence-electron chi connectivity index (χ4n) is 3.70. The van der Waals surface area contributed by atoms with E-state index < -0.39 is 0 Å². The Morgan fingerprint density at radius 2 is 1.57 bits per heavy atom. The van der Waals surface area contributed by atoms with E-state index in [4.69, 9.17) is 0 Å². The molecule has 140 valence electrons. The molecule has 0 aliphatic carbocycles. The van der Waals surface area contributed by atoms with Gasteiger partial charge in [-0.1, -0.05) is 36.4 Å². The highest BCUT2D eigenvalue weighted by Crippen LogP contribution is 2.28. The van der Waals surface area contributed by atoms with Crippen LogP contribution >= 0.6 is 0 Å². The van der Waals surface area contributed by atoms with Crippen LogP contribution in [0.5, 0.6) is 0 Å². The van der Waals surface area contributed by atoms with Crippen LogP contribution in [0.3, 0.4) is 0 Å². The summed E-state index contributed by atoms with van der Waals surface area (Å²) in [6.07, 6.45) is 1.96. The average molecular weight is 369 g/mol. The van der Waals surface area contributed by atoms with E-state index in [1.165, 1.54) is 10.6 Å². The highest BCUT2D eigenvalue weighted by atomic mass is 16.2. The van der Waals surface area contributed by atoms with E-state index in [2.05, 4.69) is 48.6 Å². The lowest BCUT2D eigenvalue weighted by atomic mass is 10.1. The van der Waals surface area contributed by atoms with Crippen molar-refractivity contribution in [3.05, 3.63) is 88.8 Å². The van der Waals surface area contributed by atoms with Gasteiger partial charge in [-0.05, 0) is 69.2 Å². The van der Waals surface area contributed by atoms with Gasteiger partial charge < -0.3 is 4.57 Å². The van der Waals surface area contributed by atoms with E-state index >= 15 is 0 Å². The third kappa shape index (κ3) is 2.97. The summed E-state index contributed by atoms with van der Waals surface area (Å²) in [7, 11) is 0. The Morgan fingerprint density at radius 3 is 2.29 bits per heavy atom. The molecule has 2 heterocycles. The Hall–Kier alpha value is -3.40. The fourth-order valence-corrected chi connectivity index (χ4v) is 3.70. The van der Waals surface area contributed by atoms with Crippen molar-refractivity contribution in [3.8, 4) is 5.69 Å². The number of amides is 1. The lowest BCUT2D eigenvalue weighted by Crippen LogP contribution is -2.21. The van der Waals surface area contributed by atoms with Gasteiger partial charge in [0, 0.05) is 17.1 Å². The molecule has 0 unspecified atom stereocenters. The van der Waals surface area contributed by atoms with Gasteiger partial charge in [0.25, 0.3) is 5.91 Å². The Kier molecular flexibility index (Phi) is 4.47. The van der Waals surface area contributed by atoms with Crippen LogP contribution in [0, 0.1) is 20.8 Å². The number of carbonyl (C=O) groups is 1. The van der Waals surface area contributed by atoms with Gasteiger partial charge in [0.05, 0.1) is 17.0 Å². The Morgan fingerprint density at radius 1 is 0.893 bits per heavy atom. The normalized spacial score (nSPS) is 15.4. The molecular formula is C24H23N3O. The number of aromatic nitrogens is 1. The predicted octanol–water partition coefficient (Wildman–Crippen LogP) is 5.21. The summed E-state index contributed by atoms with van der Waals surface area (Å²) in [6.45, 7) is 8.18. The minimum atomic E-state index is -0.0932. The standard InChI is InChI=1S/C24H23N3O/c1-16-10-8-9-13-23(16)26-17(2)14-20(19(26)4)15-22-18(3)25-27(24(22)28)21-11-6-5-7-12-21/h5-15H,1-4H3/b22-15+. The zero-order valence-corrected chi connectivity index (χ0v) is 16.6. The van der Waals surface area contributed by atoms with Crippen molar-refractivity contribution in [1.29, 1.82) is 0 Å². The lowest BCUT2D eigenvalue weighted by Gasteiger charge is -2.12. The van der Waals surface area contributed by atoms with Crippen molar-refractivity contribution >= 4 is 23.4 Å². The highest BCUT2D eigenvalue weighted by molar-refractivity contribution is 6.32. The van der Waals surface area contributed by atoms with Gasteiger partial charge in [0.2, 0.25) is 0 Å².